The quantitative estimate of drug-likeness (QED) is 0.825. The highest BCUT2D eigenvalue weighted by atomic mass is 35.5. The predicted octanol–water partition coefficient (Wildman–Crippen LogP) is 1.83. The molecule has 4 nitrogen and oxygen atoms in total. The Morgan fingerprint density at radius 3 is 3.00 bits per heavy atom. The molecule has 1 aliphatic heterocycles. The third kappa shape index (κ3) is 2.72. The zero-order chi connectivity index (χ0) is 11.6. The van der Waals surface area contributed by atoms with Crippen molar-refractivity contribution in [2.24, 2.45) is 4.36 Å². The van der Waals surface area contributed by atoms with Crippen molar-refractivity contribution in [3.05, 3.63) is 23.5 Å². The topological polar surface area (TPSA) is 54.4 Å². The molecule has 1 fully saturated rings. The van der Waals surface area contributed by atoms with Crippen LogP contribution in [0.4, 0.5) is 5.69 Å². The minimum Gasteiger partial charge on any atom is -0.316 e. The fourth-order valence-corrected chi connectivity index (χ4v) is 4.28. The highest BCUT2D eigenvalue weighted by Crippen LogP contribution is 2.21. The lowest BCUT2D eigenvalue weighted by molar-refractivity contribution is 0.622. The molecule has 1 aliphatic rings. The minimum atomic E-state index is -2.10. The van der Waals surface area contributed by atoms with Crippen LogP contribution in [0.5, 0.6) is 0 Å². The van der Waals surface area contributed by atoms with Crippen LogP contribution in [-0.2, 0) is 9.73 Å². The first-order valence-electron chi connectivity index (χ1n) is 5.13. The van der Waals surface area contributed by atoms with E-state index in [1.165, 1.54) is 0 Å². The molecule has 2 rings (SSSR count). The van der Waals surface area contributed by atoms with Crippen LogP contribution in [0.15, 0.2) is 22.7 Å². The van der Waals surface area contributed by atoms with Crippen LogP contribution in [-0.4, -0.2) is 33.8 Å². The van der Waals surface area contributed by atoms with Gasteiger partial charge in [-0.1, -0.05) is 11.6 Å². The van der Waals surface area contributed by atoms with Gasteiger partial charge in [0.1, 0.15) is 5.15 Å². The maximum Gasteiger partial charge on any atom is 0.129 e. The van der Waals surface area contributed by atoms with E-state index in [4.69, 9.17) is 11.6 Å². The van der Waals surface area contributed by atoms with Gasteiger partial charge in [0.25, 0.3) is 0 Å². The average molecular weight is 260 g/mol. The standard InChI is InChI=1S/C10H14ClN3OS/c1-12-9-4-5-16(15,7-9)14-8-2-3-10(11)13-6-8/h2-3,6,9,12H,4-5,7H2,1H3. The molecule has 6 heteroatoms. The second-order valence-electron chi connectivity index (χ2n) is 3.85. The van der Waals surface area contributed by atoms with Crippen LogP contribution in [0.3, 0.4) is 0 Å². The Bertz CT molecular complexity index is 479. The molecule has 0 aromatic carbocycles. The van der Waals surface area contributed by atoms with Crippen LogP contribution in [0.1, 0.15) is 6.42 Å². The molecule has 88 valence electrons. The van der Waals surface area contributed by atoms with Gasteiger partial charge >= 0.3 is 0 Å². The highest BCUT2D eigenvalue weighted by Gasteiger charge is 2.25. The first-order chi connectivity index (χ1) is 7.61. The molecule has 2 atom stereocenters. The van der Waals surface area contributed by atoms with Gasteiger partial charge in [0.2, 0.25) is 0 Å². The molecule has 0 radical (unpaired) electrons. The second kappa shape index (κ2) is 4.69. The predicted molar refractivity (Wildman–Crippen MR) is 66.7 cm³/mol. The molecule has 16 heavy (non-hydrogen) atoms. The van der Waals surface area contributed by atoms with E-state index in [-0.39, 0.29) is 0 Å². The number of nitrogens with one attached hydrogen (secondary N) is 1. The summed E-state index contributed by atoms with van der Waals surface area (Å²) in [7, 11) is -0.213. The SMILES string of the molecule is CNC1CCS(=O)(=Nc2ccc(Cl)nc2)C1. The molecule has 1 saturated heterocycles. The molecule has 0 spiro atoms. The van der Waals surface area contributed by atoms with E-state index < -0.39 is 9.73 Å². The molecule has 1 aromatic heterocycles. The Hall–Kier alpha value is -0.650. The second-order valence-corrected chi connectivity index (χ2v) is 6.70. The van der Waals surface area contributed by atoms with Gasteiger partial charge < -0.3 is 5.32 Å². The number of hydrogen-bond donors (Lipinski definition) is 1. The summed E-state index contributed by atoms with van der Waals surface area (Å²) >= 11 is 5.67. The monoisotopic (exact) mass is 259 g/mol. The molecular formula is C10H14ClN3OS. The zero-order valence-corrected chi connectivity index (χ0v) is 10.6. The lowest BCUT2D eigenvalue weighted by Gasteiger charge is -2.04. The summed E-state index contributed by atoms with van der Waals surface area (Å²) in [6, 6.07) is 3.72. The molecule has 1 aromatic rings. The summed E-state index contributed by atoms with van der Waals surface area (Å²) in [5, 5.41) is 3.56. The number of hydrogen-bond acceptors (Lipinski definition) is 4. The van der Waals surface area contributed by atoms with E-state index in [0.717, 1.165) is 6.42 Å². The Morgan fingerprint density at radius 1 is 1.62 bits per heavy atom. The van der Waals surface area contributed by atoms with Crippen molar-refractivity contribution < 1.29 is 4.21 Å². The van der Waals surface area contributed by atoms with Crippen molar-refractivity contribution in [2.75, 3.05) is 18.6 Å². The van der Waals surface area contributed by atoms with Crippen molar-refractivity contribution in [1.29, 1.82) is 0 Å². The average Bonchev–Trinajstić information content (AvgIpc) is 2.64. The van der Waals surface area contributed by atoms with Gasteiger partial charge in [0, 0.05) is 17.5 Å². The van der Waals surface area contributed by atoms with Crippen molar-refractivity contribution in [1.82, 2.24) is 10.3 Å². The smallest absolute Gasteiger partial charge is 0.129 e. The first-order valence-corrected chi connectivity index (χ1v) is 7.36. The third-order valence-corrected chi connectivity index (χ3v) is 5.20. The van der Waals surface area contributed by atoms with E-state index in [0.29, 0.717) is 28.4 Å². The van der Waals surface area contributed by atoms with E-state index in [2.05, 4.69) is 14.7 Å². The number of nitrogens with zero attached hydrogens (tertiary/aromatic N) is 2. The molecule has 0 amide bonds. The summed E-state index contributed by atoms with van der Waals surface area (Å²) in [5.41, 5.74) is 0.645. The maximum atomic E-state index is 12.3. The van der Waals surface area contributed by atoms with Crippen molar-refractivity contribution in [2.45, 2.75) is 12.5 Å². The molecule has 1 N–H and O–H groups in total. The summed E-state index contributed by atoms with van der Waals surface area (Å²) in [4.78, 5) is 3.92. The summed E-state index contributed by atoms with van der Waals surface area (Å²) in [6.07, 6.45) is 2.47. The largest absolute Gasteiger partial charge is 0.316 e. The fourth-order valence-electron chi connectivity index (χ4n) is 1.73. The Labute approximate surface area is 101 Å². The molecule has 0 bridgehead atoms. The third-order valence-electron chi connectivity index (χ3n) is 2.64. The van der Waals surface area contributed by atoms with E-state index in [1.807, 2.05) is 7.05 Å². The molecule has 0 saturated carbocycles. The van der Waals surface area contributed by atoms with Gasteiger partial charge in [-0.25, -0.2) is 9.19 Å². The number of aromatic nitrogens is 1. The van der Waals surface area contributed by atoms with E-state index >= 15 is 0 Å². The van der Waals surface area contributed by atoms with Crippen LogP contribution in [0.25, 0.3) is 0 Å². The van der Waals surface area contributed by atoms with Crippen molar-refractivity contribution in [3.8, 4) is 0 Å². The minimum absolute atomic E-state index is 0.316. The fraction of sp³-hybridized carbons (Fsp3) is 0.500. The summed E-state index contributed by atoms with van der Waals surface area (Å²) in [5.74, 6) is 1.27. The highest BCUT2D eigenvalue weighted by molar-refractivity contribution is 7.94. The Kier molecular flexibility index (Phi) is 3.47. The zero-order valence-electron chi connectivity index (χ0n) is 9.02. The summed E-state index contributed by atoms with van der Waals surface area (Å²) in [6.45, 7) is 0. The van der Waals surface area contributed by atoms with Crippen LogP contribution in [0.2, 0.25) is 5.15 Å². The van der Waals surface area contributed by atoms with E-state index in [9.17, 15) is 4.21 Å². The van der Waals surface area contributed by atoms with Crippen molar-refractivity contribution >= 4 is 27.0 Å². The van der Waals surface area contributed by atoms with Crippen LogP contribution in [0, 0.1) is 0 Å². The summed E-state index contributed by atoms with van der Waals surface area (Å²) < 4.78 is 16.6. The molecule has 2 unspecified atom stereocenters. The van der Waals surface area contributed by atoms with Gasteiger partial charge in [0.05, 0.1) is 21.6 Å². The van der Waals surface area contributed by atoms with Gasteiger partial charge in [-0.15, -0.1) is 0 Å². The van der Waals surface area contributed by atoms with E-state index in [1.54, 1.807) is 18.3 Å². The van der Waals surface area contributed by atoms with Gasteiger partial charge in [0.15, 0.2) is 0 Å². The first kappa shape index (κ1) is 11.8. The van der Waals surface area contributed by atoms with Crippen molar-refractivity contribution in [3.63, 3.8) is 0 Å². The van der Waals surface area contributed by atoms with Gasteiger partial charge in [-0.3, -0.25) is 0 Å². The lowest BCUT2D eigenvalue weighted by atomic mass is 10.3. The van der Waals surface area contributed by atoms with Gasteiger partial charge in [-0.2, -0.15) is 4.36 Å². The van der Waals surface area contributed by atoms with Crippen LogP contribution < -0.4 is 5.32 Å². The maximum absolute atomic E-state index is 12.3. The normalized spacial score (nSPS) is 29.2. The van der Waals surface area contributed by atoms with Crippen LogP contribution >= 0.6 is 11.6 Å². The number of halogens is 1. The number of pyridine rings is 1. The number of rotatable bonds is 2. The lowest BCUT2D eigenvalue weighted by Crippen LogP contribution is -2.25. The van der Waals surface area contributed by atoms with Gasteiger partial charge in [-0.05, 0) is 25.6 Å². The molecular weight excluding hydrogens is 246 g/mol. The Balaban J connectivity index is 2.24. The Morgan fingerprint density at radius 2 is 2.44 bits per heavy atom. The molecule has 0 aliphatic carbocycles. The molecule has 2 heterocycles.